The van der Waals surface area contributed by atoms with Crippen molar-refractivity contribution < 1.29 is 14.6 Å². The number of aryl methyl sites for hydroxylation is 2. The molecule has 174 valence electrons. The number of hydrogen-bond donors (Lipinski definition) is 2. The van der Waals surface area contributed by atoms with Crippen LogP contribution in [0.5, 0.6) is 11.5 Å². The predicted octanol–water partition coefficient (Wildman–Crippen LogP) is 6.21. The van der Waals surface area contributed by atoms with Gasteiger partial charge < -0.3 is 19.9 Å². The number of fused-ring (bicyclic) bond motifs is 1. The van der Waals surface area contributed by atoms with Crippen LogP contribution in [0.4, 0.5) is 5.69 Å². The second-order valence-electron chi connectivity index (χ2n) is 8.10. The number of nitrogens with zero attached hydrogens (tertiary/aromatic N) is 2. The van der Waals surface area contributed by atoms with E-state index in [1.54, 1.807) is 14.2 Å². The van der Waals surface area contributed by atoms with Crippen LogP contribution >= 0.6 is 0 Å². The standard InChI is InChI=1S/C28H29N3O3/c1-18-15-22(12-13-24(18)20(3)32)29-19(2)25-17-23-9-7-6-8-10-26(31(23)30-25)21-11-14-27(33-4)28(16-21)34-5/h6,8,10-17,29,32H,2-3,7,9H2,1,4-5H3/b8-6-,26-10-. The van der Waals surface area contributed by atoms with E-state index in [-0.39, 0.29) is 5.76 Å². The second-order valence-corrected chi connectivity index (χ2v) is 8.10. The van der Waals surface area contributed by atoms with Crippen molar-refractivity contribution >= 4 is 22.8 Å². The minimum Gasteiger partial charge on any atom is -0.508 e. The lowest BCUT2D eigenvalue weighted by atomic mass is 10.1. The fraction of sp³-hybridized carbons (Fsp3) is 0.179. The van der Waals surface area contributed by atoms with E-state index in [0.29, 0.717) is 17.2 Å². The molecule has 6 heteroatoms. The van der Waals surface area contributed by atoms with Gasteiger partial charge in [0.05, 0.1) is 25.6 Å². The quantitative estimate of drug-likeness (QED) is 0.415. The molecule has 0 aliphatic carbocycles. The normalized spacial score (nSPS) is 15.2. The number of nitrogens with one attached hydrogen (secondary N) is 1. The van der Waals surface area contributed by atoms with Gasteiger partial charge in [-0.15, -0.1) is 0 Å². The van der Waals surface area contributed by atoms with Crippen LogP contribution in [0, 0.1) is 6.92 Å². The van der Waals surface area contributed by atoms with Crippen molar-refractivity contribution in [1.29, 1.82) is 0 Å². The molecule has 1 aliphatic rings. The van der Waals surface area contributed by atoms with Crippen molar-refractivity contribution in [3.8, 4) is 11.5 Å². The van der Waals surface area contributed by atoms with E-state index in [1.807, 2.05) is 48.0 Å². The largest absolute Gasteiger partial charge is 0.508 e. The molecular formula is C28H29N3O3. The number of benzene rings is 2. The molecule has 2 N–H and O–H groups in total. The third-order valence-electron chi connectivity index (χ3n) is 5.79. The van der Waals surface area contributed by atoms with E-state index in [1.165, 1.54) is 0 Å². The summed E-state index contributed by atoms with van der Waals surface area (Å²) in [4.78, 5) is 0. The van der Waals surface area contributed by atoms with Gasteiger partial charge in [-0.1, -0.05) is 25.3 Å². The minimum absolute atomic E-state index is 0.0554. The van der Waals surface area contributed by atoms with Crippen molar-refractivity contribution in [3.63, 3.8) is 0 Å². The highest BCUT2D eigenvalue weighted by Crippen LogP contribution is 2.32. The first kappa shape index (κ1) is 23.0. The molecule has 1 aromatic heterocycles. The van der Waals surface area contributed by atoms with E-state index < -0.39 is 0 Å². The number of aromatic nitrogens is 2. The van der Waals surface area contributed by atoms with Gasteiger partial charge in [-0.05, 0) is 73.9 Å². The third kappa shape index (κ3) is 4.62. The lowest BCUT2D eigenvalue weighted by Gasteiger charge is -2.15. The Kier molecular flexibility index (Phi) is 6.59. The second kappa shape index (κ2) is 9.75. The average molecular weight is 456 g/mol. The molecule has 3 aromatic rings. The Morgan fingerprint density at radius 1 is 1.06 bits per heavy atom. The maximum absolute atomic E-state index is 9.71. The number of hydrogen-bond acceptors (Lipinski definition) is 5. The summed E-state index contributed by atoms with van der Waals surface area (Å²) in [5.74, 6) is 1.40. The first-order valence-electron chi connectivity index (χ1n) is 11.0. The first-order valence-corrected chi connectivity index (χ1v) is 11.0. The molecule has 0 spiro atoms. The van der Waals surface area contributed by atoms with Gasteiger partial charge >= 0.3 is 0 Å². The number of aliphatic hydroxyl groups excluding tert-OH is 1. The van der Waals surface area contributed by atoms with E-state index in [0.717, 1.165) is 52.3 Å². The van der Waals surface area contributed by atoms with Crippen LogP contribution in [0.15, 0.2) is 73.9 Å². The molecule has 2 aromatic carbocycles. The number of methoxy groups -OCH3 is 2. The Morgan fingerprint density at radius 3 is 2.56 bits per heavy atom. The number of rotatable bonds is 7. The Bertz CT molecular complexity index is 1310. The van der Waals surface area contributed by atoms with Gasteiger partial charge in [0.1, 0.15) is 11.5 Å². The van der Waals surface area contributed by atoms with Gasteiger partial charge in [0, 0.05) is 22.5 Å². The molecule has 0 bridgehead atoms. The zero-order valence-corrected chi connectivity index (χ0v) is 19.8. The van der Waals surface area contributed by atoms with Crippen LogP contribution in [0.2, 0.25) is 0 Å². The first-order chi connectivity index (χ1) is 16.4. The summed E-state index contributed by atoms with van der Waals surface area (Å²) in [6, 6.07) is 13.6. The van der Waals surface area contributed by atoms with Crippen molar-refractivity contribution in [2.45, 2.75) is 19.8 Å². The van der Waals surface area contributed by atoms with Gasteiger partial charge in [0.2, 0.25) is 0 Å². The fourth-order valence-corrected chi connectivity index (χ4v) is 4.03. The molecule has 34 heavy (non-hydrogen) atoms. The van der Waals surface area contributed by atoms with Gasteiger partial charge in [-0.3, -0.25) is 0 Å². The highest BCUT2D eigenvalue weighted by molar-refractivity contribution is 5.76. The Labute approximate surface area is 200 Å². The monoisotopic (exact) mass is 455 g/mol. The zero-order chi connectivity index (χ0) is 24.2. The van der Waals surface area contributed by atoms with Crippen LogP contribution in [0.1, 0.15) is 34.5 Å². The molecule has 0 unspecified atom stereocenters. The lowest BCUT2D eigenvalue weighted by Crippen LogP contribution is -2.08. The van der Waals surface area contributed by atoms with Crippen LogP contribution in [-0.4, -0.2) is 29.1 Å². The molecule has 0 amide bonds. The van der Waals surface area contributed by atoms with E-state index in [2.05, 4.69) is 42.8 Å². The smallest absolute Gasteiger partial charge is 0.161 e. The summed E-state index contributed by atoms with van der Waals surface area (Å²) in [5, 5.41) is 17.9. The molecular weight excluding hydrogens is 426 g/mol. The van der Waals surface area contributed by atoms with Crippen LogP contribution < -0.4 is 14.8 Å². The summed E-state index contributed by atoms with van der Waals surface area (Å²) in [5.41, 5.74) is 6.95. The van der Waals surface area contributed by atoms with E-state index in [9.17, 15) is 5.11 Å². The molecule has 2 heterocycles. The van der Waals surface area contributed by atoms with Crippen molar-refractivity contribution in [3.05, 3.63) is 102 Å². The fourth-order valence-electron chi connectivity index (χ4n) is 4.03. The minimum atomic E-state index is 0.0554. The maximum Gasteiger partial charge on any atom is 0.161 e. The highest BCUT2D eigenvalue weighted by atomic mass is 16.5. The van der Waals surface area contributed by atoms with Crippen LogP contribution in [0.3, 0.4) is 0 Å². The molecule has 4 rings (SSSR count). The number of ether oxygens (including phenoxy) is 2. The van der Waals surface area contributed by atoms with Gasteiger partial charge in [-0.2, -0.15) is 5.10 Å². The third-order valence-corrected chi connectivity index (χ3v) is 5.79. The zero-order valence-electron chi connectivity index (χ0n) is 19.8. The number of aliphatic hydroxyl groups is 1. The van der Waals surface area contributed by atoms with E-state index in [4.69, 9.17) is 14.6 Å². The van der Waals surface area contributed by atoms with Gasteiger partial charge in [-0.25, -0.2) is 4.68 Å². The molecule has 0 fully saturated rings. The summed E-state index contributed by atoms with van der Waals surface area (Å²) in [7, 11) is 3.26. The molecule has 1 aliphatic heterocycles. The highest BCUT2D eigenvalue weighted by Gasteiger charge is 2.17. The Hall–Kier alpha value is -4.19. The lowest BCUT2D eigenvalue weighted by molar-refractivity contribution is 0.355. The summed E-state index contributed by atoms with van der Waals surface area (Å²) < 4.78 is 12.9. The molecule has 0 saturated carbocycles. The average Bonchev–Trinajstić information content (AvgIpc) is 3.22. The summed E-state index contributed by atoms with van der Waals surface area (Å²) >= 11 is 0. The summed E-state index contributed by atoms with van der Waals surface area (Å²) in [6.45, 7) is 9.76. The van der Waals surface area contributed by atoms with Gasteiger partial charge in [0.25, 0.3) is 0 Å². The topological polar surface area (TPSA) is 68.5 Å². The number of anilines is 1. The van der Waals surface area contributed by atoms with Gasteiger partial charge in [0.15, 0.2) is 11.5 Å². The summed E-state index contributed by atoms with van der Waals surface area (Å²) in [6.07, 6.45) is 8.05. The SMILES string of the molecule is C=C(Nc1ccc(C(=C)O)c(C)c1)c1cc2n(n1)/C(c1ccc(OC)c(OC)c1)=C\C=C/CC2. The van der Waals surface area contributed by atoms with Crippen molar-refractivity contribution in [2.24, 2.45) is 0 Å². The molecule has 0 saturated heterocycles. The van der Waals surface area contributed by atoms with Crippen LogP contribution in [-0.2, 0) is 6.42 Å². The van der Waals surface area contributed by atoms with Crippen molar-refractivity contribution in [2.75, 3.05) is 19.5 Å². The molecule has 0 radical (unpaired) electrons. The van der Waals surface area contributed by atoms with E-state index >= 15 is 0 Å². The molecule has 6 nitrogen and oxygen atoms in total. The molecule has 0 atom stereocenters. The van der Waals surface area contributed by atoms with Crippen molar-refractivity contribution in [1.82, 2.24) is 9.78 Å². The Morgan fingerprint density at radius 2 is 1.85 bits per heavy atom. The Balaban J connectivity index is 1.67. The predicted molar refractivity (Wildman–Crippen MR) is 138 cm³/mol. The maximum atomic E-state index is 9.71. The number of allylic oxidation sites excluding steroid dienone is 3. The van der Waals surface area contributed by atoms with Crippen LogP contribution in [0.25, 0.3) is 17.2 Å².